The molecule has 27 heavy (non-hydrogen) atoms. The molecule has 1 heterocycles. The van der Waals surface area contributed by atoms with Gasteiger partial charge in [0.2, 0.25) is 10.0 Å². The maximum Gasteiger partial charge on any atom is 0.238 e. The molecule has 0 spiro atoms. The van der Waals surface area contributed by atoms with Gasteiger partial charge >= 0.3 is 0 Å². The highest BCUT2D eigenvalue weighted by atomic mass is 32.2. The number of aryl methyl sites for hydroxylation is 1. The Bertz CT molecular complexity index is 1040. The van der Waals surface area contributed by atoms with E-state index in [0.717, 1.165) is 22.3 Å². The second-order valence-corrected chi connectivity index (χ2v) is 8.10. The molecule has 142 valence electrons. The third-order valence-electron chi connectivity index (χ3n) is 4.26. The third-order valence-corrected chi connectivity index (χ3v) is 5.23. The van der Waals surface area contributed by atoms with Gasteiger partial charge in [0.15, 0.2) is 0 Å². The first kappa shape index (κ1) is 19.3. The molecule has 2 aromatic carbocycles. The Labute approximate surface area is 159 Å². The van der Waals surface area contributed by atoms with Gasteiger partial charge in [-0.3, -0.25) is 0 Å². The van der Waals surface area contributed by atoms with Gasteiger partial charge in [0.05, 0.1) is 17.6 Å². The van der Waals surface area contributed by atoms with Crippen LogP contribution in [0.2, 0.25) is 0 Å². The molecule has 0 aliphatic rings. The van der Waals surface area contributed by atoms with Crippen LogP contribution in [0.4, 0.5) is 0 Å². The summed E-state index contributed by atoms with van der Waals surface area (Å²) < 4.78 is 35.1. The van der Waals surface area contributed by atoms with Gasteiger partial charge < -0.3 is 9.26 Å². The fourth-order valence-electron chi connectivity index (χ4n) is 3.05. The normalized spacial score (nSPS) is 11.9. The zero-order valence-corrected chi connectivity index (χ0v) is 16.3. The molecule has 6 nitrogen and oxygen atoms in total. The Morgan fingerprint density at radius 2 is 1.85 bits per heavy atom. The summed E-state index contributed by atoms with van der Waals surface area (Å²) >= 11 is 0. The fraction of sp³-hybridized carbons (Fsp3) is 0.250. The minimum absolute atomic E-state index is 0.0111. The molecule has 0 bridgehead atoms. The molecule has 0 aliphatic carbocycles. The molecule has 0 amide bonds. The van der Waals surface area contributed by atoms with Gasteiger partial charge in [-0.1, -0.05) is 35.5 Å². The molecule has 7 heteroatoms. The maximum absolute atomic E-state index is 12.1. The van der Waals surface area contributed by atoms with Crippen LogP contribution < -0.4 is 5.14 Å². The number of ether oxygens (including phenoxy) is 1. The van der Waals surface area contributed by atoms with Crippen molar-refractivity contribution in [3.05, 3.63) is 59.9 Å². The van der Waals surface area contributed by atoms with Crippen LogP contribution in [0, 0.1) is 6.92 Å². The summed E-state index contributed by atoms with van der Waals surface area (Å²) in [6.07, 6.45) is 1.52. The predicted octanol–water partition coefficient (Wildman–Crippen LogP) is 3.89. The highest BCUT2D eigenvalue weighted by Crippen LogP contribution is 2.37. The van der Waals surface area contributed by atoms with Gasteiger partial charge in [-0.25, -0.2) is 13.6 Å². The Hall–Kier alpha value is -2.48. The van der Waals surface area contributed by atoms with Gasteiger partial charge in [0, 0.05) is 17.2 Å². The second kappa shape index (κ2) is 7.64. The lowest BCUT2D eigenvalue weighted by Crippen LogP contribution is -2.14. The molecule has 3 rings (SSSR count). The summed E-state index contributed by atoms with van der Waals surface area (Å²) in [6, 6.07) is 12.3. The molecule has 1 aromatic heterocycles. The number of aromatic nitrogens is 1. The van der Waals surface area contributed by atoms with E-state index in [4.69, 9.17) is 14.4 Å². The zero-order chi connectivity index (χ0) is 19.6. The van der Waals surface area contributed by atoms with Gasteiger partial charge in [0.25, 0.3) is 0 Å². The first-order valence-corrected chi connectivity index (χ1v) is 10.1. The molecule has 2 N–H and O–H groups in total. The topological polar surface area (TPSA) is 95.4 Å². The van der Waals surface area contributed by atoms with Crippen molar-refractivity contribution in [1.82, 2.24) is 5.16 Å². The third kappa shape index (κ3) is 4.10. The van der Waals surface area contributed by atoms with Crippen LogP contribution in [0.5, 0.6) is 0 Å². The van der Waals surface area contributed by atoms with Crippen LogP contribution in [0.25, 0.3) is 22.4 Å². The molecule has 0 radical (unpaired) electrons. The summed E-state index contributed by atoms with van der Waals surface area (Å²) in [4.78, 5) is 0.0748. The molecule has 0 saturated heterocycles. The van der Waals surface area contributed by atoms with E-state index < -0.39 is 10.0 Å². The van der Waals surface area contributed by atoms with Crippen LogP contribution in [0.3, 0.4) is 0 Å². The molecule has 0 unspecified atom stereocenters. The highest BCUT2D eigenvalue weighted by molar-refractivity contribution is 7.89. The van der Waals surface area contributed by atoms with Crippen LogP contribution in [-0.4, -0.2) is 19.7 Å². The quantitative estimate of drug-likeness (QED) is 0.693. The van der Waals surface area contributed by atoms with Crippen LogP contribution in [0.1, 0.15) is 25.0 Å². The summed E-state index contributed by atoms with van der Waals surface area (Å²) in [5.74, 6) is 0. The van der Waals surface area contributed by atoms with Crippen molar-refractivity contribution >= 4 is 10.0 Å². The first-order valence-electron chi connectivity index (χ1n) is 8.56. The zero-order valence-electron chi connectivity index (χ0n) is 15.5. The number of sulfonamides is 1. The summed E-state index contributed by atoms with van der Waals surface area (Å²) in [5, 5.41) is 9.51. The van der Waals surface area contributed by atoms with E-state index in [1.54, 1.807) is 24.3 Å². The lowest BCUT2D eigenvalue weighted by molar-refractivity contribution is 0.0662. The van der Waals surface area contributed by atoms with Crippen molar-refractivity contribution in [3.63, 3.8) is 0 Å². The summed E-state index contributed by atoms with van der Waals surface area (Å²) in [6.45, 7) is 6.17. The van der Waals surface area contributed by atoms with Gasteiger partial charge in [0.1, 0.15) is 12.0 Å². The van der Waals surface area contributed by atoms with Crippen molar-refractivity contribution < 1.29 is 17.7 Å². The molecular weight excluding hydrogens is 364 g/mol. The second-order valence-electron chi connectivity index (χ2n) is 6.57. The van der Waals surface area contributed by atoms with Crippen molar-refractivity contribution in [3.8, 4) is 22.4 Å². The van der Waals surface area contributed by atoms with Gasteiger partial charge in [-0.15, -0.1) is 0 Å². The van der Waals surface area contributed by atoms with Crippen molar-refractivity contribution in [2.45, 2.75) is 38.4 Å². The van der Waals surface area contributed by atoms with Crippen molar-refractivity contribution in [1.29, 1.82) is 0 Å². The number of nitrogens with zero attached hydrogens (tertiary/aromatic N) is 1. The Morgan fingerprint density at radius 3 is 2.48 bits per heavy atom. The van der Waals surface area contributed by atoms with E-state index in [9.17, 15) is 8.42 Å². The molecular formula is C20H22N2O4S. The minimum Gasteiger partial charge on any atom is -0.374 e. The van der Waals surface area contributed by atoms with Crippen molar-refractivity contribution in [2.75, 3.05) is 0 Å². The fourth-order valence-corrected chi connectivity index (χ4v) is 3.81. The Kier molecular flexibility index (Phi) is 5.46. The lowest BCUT2D eigenvalue weighted by Gasteiger charge is -2.19. The number of primary sulfonamides is 1. The highest BCUT2D eigenvalue weighted by Gasteiger charge is 2.21. The van der Waals surface area contributed by atoms with Gasteiger partial charge in [-0.2, -0.15) is 0 Å². The molecule has 0 fully saturated rings. The van der Waals surface area contributed by atoms with E-state index in [1.165, 1.54) is 12.3 Å². The minimum atomic E-state index is -3.88. The average Bonchev–Trinajstić information content (AvgIpc) is 3.13. The molecule has 3 aromatic rings. The predicted molar refractivity (Wildman–Crippen MR) is 103 cm³/mol. The lowest BCUT2D eigenvalue weighted by atomic mass is 9.91. The number of hydrogen-bond acceptors (Lipinski definition) is 5. The van der Waals surface area contributed by atoms with E-state index >= 15 is 0 Å². The van der Waals surface area contributed by atoms with Crippen LogP contribution in [-0.2, 0) is 21.4 Å². The Morgan fingerprint density at radius 1 is 1.11 bits per heavy atom. The molecule has 0 aliphatic heterocycles. The average molecular weight is 386 g/mol. The van der Waals surface area contributed by atoms with Crippen molar-refractivity contribution in [2.24, 2.45) is 5.14 Å². The summed E-state index contributed by atoms with van der Waals surface area (Å²) in [7, 11) is -3.88. The number of rotatable bonds is 6. The first-order chi connectivity index (χ1) is 12.8. The Balaban J connectivity index is 2.30. The SMILES string of the molecule is Cc1ccc(-c2ccccc2S(N)(=O)=O)c(COC(C)C)c1-c1ccon1. The van der Waals surface area contributed by atoms with Gasteiger partial charge in [-0.05, 0) is 43.5 Å². The number of benzene rings is 2. The number of nitrogens with two attached hydrogens (primary N) is 1. The van der Waals surface area contributed by atoms with E-state index in [2.05, 4.69) is 5.16 Å². The maximum atomic E-state index is 12.1. The smallest absolute Gasteiger partial charge is 0.238 e. The molecule has 0 saturated carbocycles. The standard InChI is InChI=1S/C20H22N2O4S/c1-13(2)25-12-17-15(16-6-4-5-7-19(16)27(21,23)24)9-8-14(3)20(17)18-10-11-26-22-18/h4-11,13H,12H2,1-3H3,(H2,21,23,24). The summed E-state index contributed by atoms with van der Waals surface area (Å²) in [5.41, 5.74) is 4.64. The van der Waals surface area contributed by atoms with Crippen LogP contribution >= 0.6 is 0 Å². The monoisotopic (exact) mass is 386 g/mol. The molecule has 0 atom stereocenters. The number of hydrogen-bond donors (Lipinski definition) is 1. The van der Waals surface area contributed by atoms with E-state index in [0.29, 0.717) is 17.9 Å². The largest absolute Gasteiger partial charge is 0.374 e. The van der Waals surface area contributed by atoms with E-state index in [1.807, 2.05) is 32.9 Å². The van der Waals surface area contributed by atoms with Crippen LogP contribution in [0.15, 0.2) is 58.1 Å². The van der Waals surface area contributed by atoms with E-state index in [-0.39, 0.29) is 11.0 Å².